The van der Waals surface area contributed by atoms with E-state index in [1.807, 2.05) is 13.9 Å². The van der Waals surface area contributed by atoms with Crippen LogP contribution in [0.25, 0.3) is 11.1 Å². The van der Waals surface area contributed by atoms with E-state index in [2.05, 4.69) is 47.2 Å². The normalized spacial score (nSPS) is 13.3. The van der Waals surface area contributed by atoms with Crippen molar-refractivity contribution in [3.8, 4) is 11.1 Å². The molecule has 0 aliphatic heterocycles. The molecule has 7 heteroatoms. The average molecular weight is 416 g/mol. The Hall–Kier alpha value is -2.80. The highest BCUT2D eigenvalue weighted by atomic mass is 32.2. The minimum absolute atomic E-state index is 0.218. The second-order valence-electron chi connectivity index (χ2n) is 7.69. The number of rotatable bonds is 6. The van der Waals surface area contributed by atoms with Gasteiger partial charge in [-0.3, -0.25) is 9.69 Å². The summed E-state index contributed by atoms with van der Waals surface area (Å²) >= 11 is 1.61. The first kappa shape index (κ1) is 20.5. The van der Waals surface area contributed by atoms with Crippen LogP contribution >= 0.6 is 11.8 Å². The van der Waals surface area contributed by atoms with Gasteiger partial charge in [-0.1, -0.05) is 36.7 Å². The van der Waals surface area contributed by atoms with Gasteiger partial charge < -0.3 is 5.73 Å². The summed E-state index contributed by atoms with van der Waals surface area (Å²) in [5.74, 6) is 1.81. The fourth-order valence-corrected chi connectivity index (χ4v) is 4.31. The van der Waals surface area contributed by atoms with Gasteiger partial charge in [0.15, 0.2) is 5.82 Å². The predicted molar refractivity (Wildman–Crippen MR) is 128 cm³/mol. The number of anilines is 2. The molecule has 1 saturated carbocycles. The lowest BCUT2D eigenvalue weighted by atomic mass is 9.98. The van der Waals surface area contributed by atoms with Gasteiger partial charge in [0.25, 0.3) is 5.91 Å². The maximum Gasteiger partial charge on any atom is 0.278 e. The summed E-state index contributed by atoms with van der Waals surface area (Å²) in [4.78, 5) is 24.4. The van der Waals surface area contributed by atoms with E-state index in [1.54, 1.807) is 31.2 Å². The average Bonchev–Trinajstić information content (AvgIpc) is 3.59. The van der Waals surface area contributed by atoms with Crippen LogP contribution in [0.5, 0.6) is 0 Å². The van der Waals surface area contributed by atoms with Crippen molar-refractivity contribution in [3.05, 3.63) is 60.0 Å². The summed E-state index contributed by atoms with van der Waals surface area (Å²) in [5.41, 5.74) is 11.5. The minimum atomic E-state index is -0.218. The SMILES string of the molecule is Bc1cnc(N(C)C(=O)c2ncc(-c3ccc(C4CC4)cc3)cc2SCC)c(N)c1. The molecule has 152 valence electrons. The van der Waals surface area contributed by atoms with Crippen LogP contribution in [-0.4, -0.2) is 36.5 Å². The van der Waals surface area contributed by atoms with E-state index in [0.29, 0.717) is 17.2 Å². The molecule has 5 nitrogen and oxygen atoms in total. The monoisotopic (exact) mass is 416 g/mol. The van der Waals surface area contributed by atoms with Gasteiger partial charge in [-0.2, -0.15) is 0 Å². The molecular formula is C23H25BN4OS. The van der Waals surface area contributed by atoms with Gasteiger partial charge in [0, 0.05) is 29.9 Å². The minimum Gasteiger partial charge on any atom is -0.396 e. The molecule has 1 aromatic carbocycles. The molecule has 1 aliphatic carbocycles. The standard InChI is InChI=1S/C23H25BN4OS/c1-3-30-20-10-17(16-8-6-15(7-9-16)14-4-5-14)12-26-21(20)23(29)28(2)22-19(25)11-18(24)13-27-22/h6-14H,3-5,24-25H2,1-2H3. The highest BCUT2D eigenvalue weighted by Gasteiger charge is 2.24. The lowest BCUT2D eigenvalue weighted by molar-refractivity contribution is 0.0984. The van der Waals surface area contributed by atoms with E-state index in [9.17, 15) is 4.79 Å². The summed E-state index contributed by atoms with van der Waals surface area (Å²) in [5, 5.41) is 0. The number of nitrogens with zero attached hydrogens (tertiary/aromatic N) is 3. The third-order valence-corrected chi connectivity index (χ3v) is 6.21. The summed E-state index contributed by atoms with van der Waals surface area (Å²) in [7, 11) is 3.60. The van der Waals surface area contributed by atoms with Gasteiger partial charge in [-0.25, -0.2) is 9.97 Å². The Labute approximate surface area is 182 Å². The second kappa shape index (κ2) is 8.52. The highest BCUT2D eigenvalue weighted by Crippen LogP contribution is 2.40. The van der Waals surface area contributed by atoms with Crippen molar-refractivity contribution in [1.29, 1.82) is 0 Å². The second-order valence-corrected chi connectivity index (χ2v) is 9.00. The molecule has 0 radical (unpaired) electrons. The third kappa shape index (κ3) is 4.21. The van der Waals surface area contributed by atoms with Crippen LogP contribution in [0.3, 0.4) is 0 Å². The fraction of sp³-hybridized carbons (Fsp3) is 0.261. The van der Waals surface area contributed by atoms with Crippen molar-refractivity contribution < 1.29 is 4.79 Å². The van der Waals surface area contributed by atoms with Crippen molar-refractivity contribution >= 4 is 42.5 Å². The third-order valence-electron chi connectivity index (χ3n) is 5.30. The molecule has 0 unspecified atom stereocenters. The molecule has 1 fully saturated rings. The largest absolute Gasteiger partial charge is 0.396 e. The number of hydrogen-bond donors (Lipinski definition) is 1. The zero-order valence-corrected chi connectivity index (χ0v) is 18.4. The molecule has 4 rings (SSSR count). The van der Waals surface area contributed by atoms with E-state index in [-0.39, 0.29) is 5.91 Å². The highest BCUT2D eigenvalue weighted by molar-refractivity contribution is 7.99. The molecule has 2 aromatic heterocycles. The van der Waals surface area contributed by atoms with Gasteiger partial charge >= 0.3 is 0 Å². The van der Waals surface area contributed by atoms with Gasteiger partial charge in [0.1, 0.15) is 13.5 Å². The number of amides is 1. The first-order chi connectivity index (χ1) is 14.5. The van der Waals surface area contributed by atoms with E-state index in [1.165, 1.54) is 23.3 Å². The molecule has 0 atom stereocenters. The lowest BCUT2D eigenvalue weighted by Gasteiger charge is -2.19. The van der Waals surface area contributed by atoms with E-state index in [0.717, 1.165) is 33.2 Å². The van der Waals surface area contributed by atoms with Crippen molar-refractivity contribution in [2.24, 2.45) is 0 Å². The van der Waals surface area contributed by atoms with Crippen LogP contribution < -0.4 is 16.1 Å². The molecule has 0 spiro atoms. The van der Waals surface area contributed by atoms with Crippen LogP contribution in [0.2, 0.25) is 0 Å². The maximum atomic E-state index is 13.2. The number of aromatic nitrogens is 2. The van der Waals surface area contributed by atoms with Gasteiger partial charge in [-0.05, 0) is 47.8 Å². The quantitative estimate of drug-likeness (QED) is 0.494. The lowest BCUT2D eigenvalue weighted by Crippen LogP contribution is -2.30. The predicted octanol–water partition coefficient (Wildman–Crippen LogP) is 3.25. The Bertz CT molecular complexity index is 1080. The van der Waals surface area contributed by atoms with Gasteiger partial charge in [0.05, 0.1) is 5.69 Å². The molecular weight excluding hydrogens is 391 g/mol. The molecule has 0 saturated heterocycles. The molecule has 30 heavy (non-hydrogen) atoms. The molecule has 2 heterocycles. The van der Waals surface area contributed by atoms with E-state index in [4.69, 9.17) is 5.73 Å². The molecule has 0 bridgehead atoms. The Morgan fingerprint density at radius 3 is 2.53 bits per heavy atom. The first-order valence-electron chi connectivity index (χ1n) is 10.2. The molecule has 3 aromatic rings. The van der Waals surface area contributed by atoms with E-state index >= 15 is 0 Å². The van der Waals surface area contributed by atoms with Crippen LogP contribution in [0, 0.1) is 0 Å². The zero-order valence-electron chi connectivity index (χ0n) is 17.6. The van der Waals surface area contributed by atoms with Crippen LogP contribution in [0.15, 0.2) is 53.7 Å². The Morgan fingerprint density at radius 2 is 1.90 bits per heavy atom. The number of benzene rings is 1. The van der Waals surface area contributed by atoms with Crippen LogP contribution in [-0.2, 0) is 0 Å². The number of nitrogens with two attached hydrogens (primary N) is 1. The molecule has 2 N–H and O–H groups in total. The summed E-state index contributed by atoms with van der Waals surface area (Å²) in [6.07, 6.45) is 6.07. The van der Waals surface area contributed by atoms with Crippen LogP contribution in [0.4, 0.5) is 11.5 Å². The Kier molecular flexibility index (Phi) is 5.81. The number of nitrogen functional groups attached to an aromatic ring is 1. The molecule has 1 aliphatic rings. The summed E-state index contributed by atoms with van der Waals surface area (Å²) in [6.45, 7) is 2.07. The number of carbonyl (C=O) groups excluding carboxylic acids is 1. The maximum absolute atomic E-state index is 13.2. The van der Waals surface area contributed by atoms with Crippen LogP contribution in [0.1, 0.15) is 41.7 Å². The number of carbonyl (C=O) groups is 1. The number of pyridine rings is 2. The topological polar surface area (TPSA) is 72.1 Å². The fourth-order valence-electron chi connectivity index (χ4n) is 3.51. The smallest absolute Gasteiger partial charge is 0.278 e. The zero-order chi connectivity index (χ0) is 21.3. The number of hydrogen-bond acceptors (Lipinski definition) is 5. The van der Waals surface area contributed by atoms with E-state index < -0.39 is 0 Å². The van der Waals surface area contributed by atoms with Crippen molar-refractivity contribution in [2.75, 3.05) is 23.4 Å². The number of thioether (sulfide) groups is 1. The first-order valence-corrected chi connectivity index (χ1v) is 11.2. The molecule has 1 amide bonds. The Balaban J connectivity index is 1.64. The van der Waals surface area contributed by atoms with Gasteiger partial charge in [-0.15, -0.1) is 11.8 Å². The summed E-state index contributed by atoms with van der Waals surface area (Å²) in [6, 6.07) is 12.6. The van der Waals surface area contributed by atoms with Crippen molar-refractivity contribution in [3.63, 3.8) is 0 Å². The Morgan fingerprint density at radius 1 is 1.17 bits per heavy atom. The van der Waals surface area contributed by atoms with Crippen molar-refractivity contribution in [1.82, 2.24) is 9.97 Å². The summed E-state index contributed by atoms with van der Waals surface area (Å²) < 4.78 is 0. The van der Waals surface area contributed by atoms with Crippen molar-refractivity contribution in [2.45, 2.75) is 30.6 Å². The van der Waals surface area contributed by atoms with Gasteiger partial charge in [0.2, 0.25) is 0 Å².